The number of aliphatic carboxylic acids is 1. The molecule has 0 fully saturated rings. The second-order valence-corrected chi connectivity index (χ2v) is 4.91. The van der Waals surface area contributed by atoms with Crippen molar-refractivity contribution < 1.29 is 14.7 Å². The number of amides is 1. The normalized spacial score (nSPS) is 19.3. The predicted molar refractivity (Wildman–Crippen MR) is 70.6 cm³/mol. The Hall–Kier alpha value is -1.88. The zero-order valence-corrected chi connectivity index (χ0v) is 10.8. The van der Waals surface area contributed by atoms with Gasteiger partial charge in [-0.3, -0.25) is 9.59 Å². The lowest BCUT2D eigenvalue weighted by atomic mass is 9.95. The van der Waals surface area contributed by atoms with Gasteiger partial charge in [0.2, 0.25) is 5.91 Å². The summed E-state index contributed by atoms with van der Waals surface area (Å²) < 4.78 is 0. The van der Waals surface area contributed by atoms with Crippen LogP contribution in [0.1, 0.15) is 24.5 Å². The standard InChI is InChI=1S/C14H18N2O3/c1-9(6-13(17)18)16-14(19)12-7-10-4-2-3-5-11(10)8-15-12/h2-5,9,12,15H,6-8H2,1H3,(H,16,19)(H,17,18)/t9?,12-/m1/s1. The first kappa shape index (κ1) is 13.5. The molecule has 1 amide bonds. The van der Waals surface area contributed by atoms with Crippen LogP contribution in [0, 0.1) is 0 Å². The molecule has 1 aliphatic heterocycles. The summed E-state index contributed by atoms with van der Waals surface area (Å²) in [7, 11) is 0. The van der Waals surface area contributed by atoms with Gasteiger partial charge in [-0.25, -0.2) is 0 Å². The molecular weight excluding hydrogens is 244 g/mol. The third-order valence-corrected chi connectivity index (χ3v) is 3.27. The highest BCUT2D eigenvalue weighted by Gasteiger charge is 2.25. The van der Waals surface area contributed by atoms with Gasteiger partial charge in [0.15, 0.2) is 0 Å². The molecule has 5 heteroatoms. The van der Waals surface area contributed by atoms with Gasteiger partial charge in [-0.15, -0.1) is 0 Å². The van der Waals surface area contributed by atoms with E-state index in [0.29, 0.717) is 13.0 Å². The maximum Gasteiger partial charge on any atom is 0.305 e. The van der Waals surface area contributed by atoms with Crippen molar-refractivity contribution in [2.75, 3.05) is 0 Å². The van der Waals surface area contributed by atoms with Crippen LogP contribution in [0.15, 0.2) is 24.3 Å². The summed E-state index contributed by atoms with van der Waals surface area (Å²) in [5, 5.41) is 14.6. The molecular formula is C14H18N2O3. The number of hydrogen-bond donors (Lipinski definition) is 3. The summed E-state index contributed by atoms with van der Waals surface area (Å²) in [5.74, 6) is -1.04. The van der Waals surface area contributed by atoms with Crippen molar-refractivity contribution in [3.63, 3.8) is 0 Å². The third-order valence-electron chi connectivity index (χ3n) is 3.27. The SMILES string of the molecule is CC(CC(=O)O)NC(=O)[C@H]1Cc2ccccc2CN1. The molecule has 1 aromatic rings. The maximum atomic E-state index is 12.0. The van der Waals surface area contributed by atoms with Crippen molar-refractivity contribution in [2.45, 2.75) is 38.4 Å². The van der Waals surface area contributed by atoms with Crippen LogP contribution in [0.5, 0.6) is 0 Å². The first-order valence-corrected chi connectivity index (χ1v) is 6.38. The lowest BCUT2D eigenvalue weighted by Crippen LogP contribution is -2.50. The van der Waals surface area contributed by atoms with Gasteiger partial charge < -0.3 is 15.7 Å². The van der Waals surface area contributed by atoms with Crippen molar-refractivity contribution in [3.05, 3.63) is 35.4 Å². The lowest BCUT2D eigenvalue weighted by Gasteiger charge is -2.26. The second kappa shape index (κ2) is 5.84. The average molecular weight is 262 g/mol. The Balaban J connectivity index is 1.93. The van der Waals surface area contributed by atoms with E-state index in [9.17, 15) is 9.59 Å². The molecule has 0 saturated heterocycles. The van der Waals surface area contributed by atoms with Crippen LogP contribution < -0.4 is 10.6 Å². The van der Waals surface area contributed by atoms with Gasteiger partial charge in [-0.1, -0.05) is 24.3 Å². The fraction of sp³-hybridized carbons (Fsp3) is 0.429. The summed E-state index contributed by atoms with van der Waals surface area (Å²) in [6.07, 6.45) is 0.580. The van der Waals surface area contributed by atoms with Crippen molar-refractivity contribution in [3.8, 4) is 0 Å². The summed E-state index contributed by atoms with van der Waals surface area (Å²) in [4.78, 5) is 22.6. The quantitative estimate of drug-likeness (QED) is 0.745. The minimum Gasteiger partial charge on any atom is -0.481 e. The van der Waals surface area contributed by atoms with E-state index in [1.165, 1.54) is 11.1 Å². The topological polar surface area (TPSA) is 78.4 Å². The van der Waals surface area contributed by atoms with E-state index in [1.807, 2.05) is 24.3 Å². The molecule has 1 aliphatic rings. The number of carbonyl (C=O) groups is 2. The van der Waals surface area contributed by atoms with Crippen LogP contribution in [-0.4, -0.2) is 29.1 Å². The molecule has 0 spiro atoms. The molecule has 0 radical (unpaired) electrons. The average Bonchev–Trinajstić information content (AvgIpc) is 2.37. The number of benzene rings is 1. The van der Waals surface area contributed by atoms with E-state index >= 15 is 0 Å². The lowest BCUT2D eigenvalue weighted by molar-refractivity contribution is -0.137. The Kier molecular flexibility index (Phi) is 4.16. The Morgan fingerprint density at radius 2 is 2.11 bits per heavy atom. The zero-order chi connectivity index (χ0) is 13.8. The number of carboxylic acids is 1. The Morgan fingerprint density at radius 3 is 2.79 bits per heavy atom. The molecule has 3 N–H and O–H groups in total. The van der Waals surface area contributed by atoms with E-state index in [4.69, 9.17) is 5.11 Å². The van der Waals surface area contributed by atoms with Crippen LogP contribution in [0.3, 0.4) is 0 Å². The molecule has 102 valence electrons. The first-order chi connectivity index (χ1) is 9.06. The number of nitrogens with one attached hydrogen (secondary N) is 2. The van der Waals surface area contributed by atoms with Crippen LogP contribution >= 0.6 is 0 Å². The minimum atomic E-state index is -0.908. The van der Waals surface area contributed by atoms with E-state index in [2.05, 4.69) is 10.6 Å². The Bertz CT molecular complexity index is 487. The van der Waals surface area contributed by atoms with Gasteiger partial charge in [0.1, 0.15) is 0 Å². The molecule has 1 heterocycles. The maximum absolute atomic E-state index is 12.0. The summed E-state index contributed by atoms with van der Waals surface area (Å²) >= 11 is 0. The molecule has 0 bridgehead atoms. The molecule has 0 aliphatic carbocycles. The Labute approximate surface area is 112 Å². The van der Waals surface area contributed by atoms with Gasteiger partial charge in [0, 0.05) is 12.6 Å². The molecule has 2 atom stereocenters. The van der Waals surface area contributed by atoms with Crippen molar-refractivity contribution >= 4 is 11.9 Å². The van der Waals surface area contributed by atoms with Crippen molar-refractivity contribution in [2.24, 2.45) is 0 Å². The minimum absolute atomic E-state index is 0.0605. The Morgan fingerprint density at radius 1 is 1.42 bits per heavy atom. The van der Waals surface area contributed by atoms with E-state index in [-0.39, 0.29) is 24.4 Å². The number of carbonyl (C=O) groups excluding carboxylic acids is 1. The largest absolute Gasteiger partial charge is 0.481 e. The van der Waals surface area contributed by atoms with Gasteiger partial charge in [0.05, 0.1) is 12.5 Å². The van der Waals surface area contributed by atoms with E-state index in [0.717, 1.165) is 0 Å². The smallest absolute Gasteiger partial charge is 0.305 e. The van der Waals surface area contributed by atoms with Gasteiger partial charge >= 0.3 is 5.97 Å². The molecule has 5 nitrogen and oxygen atoms in total. The molecule has 1 aromatic carbocycles. The molecule has 0 saturated carbocycles. The predicted octanol–water partition coefficient (Wildman–Crippen LogP) is 0.680. The first-order valence-electron chi connectivity index (χ1n) is 6.38. The molecule has 2 rings (SSSR count). The van der Waals surface area contributed by atoms with Gasteiger partial charge in [-0.05, 0) is 24.5 Å². The molecule has 19 heavy (non-hydrogen) atoms. The highest BCUT2D eigenvalue weighted by molar-refractivity contribution is 5.83. The number of fused-ring (bicyclic) bond motifs is 1. The summed E-state index contributed by atoms with van der Waals surface area (Å²) in [6.45, 7) is 2.37. The van der Waals surface area contributed by atoms with Crippen molar-refractivity contribution in [1.29, 1.82) is 0 Å². The fourth-order valence-corrected chi connectivity index (χ4v) is 2.30. The zero-order valence-electron chi connectivity index (χ0n) is 10.8. The van der Waals surface area contributed by atoms with Crippen molar-refractivity contribution in [1.82, 2.24) is 10.6 Å². The molecule has 1 unspecified atom stereocenters. The van der Waals surface area contributed by atoms with E-state index < -0.39 is 5.97 Å². The summed E-state index contributed by atoms with van der Waals surface area (Å²) in [5.41, 5.74) is 2.39. The van der Waals surface area contributed by atoms with Gasteiger partial charge in [-0.2, -0.15) is 0 Å². The number of rotatable bonds is 4. The highest BCUT2D eigenvalue weighted by atomic mass is 16.4. The third kappa shape index (κ3) is 3.54. The number of carboxylic acid groups (broad SMARTS) is 1. The van der Waals surface area contributed by atoms with E-state index in [1.54, 1.807) is 6.92 Å². The van der Waals surface area contributed by atoms with Crippen LogP contribution in [0.25, 0.3) is 0 Å². The molecule has 0 aromatic heterocycles. The van der Waals surface area contributed by atoms with Crippen LogP contribution in [0.4, 0.5) is 0 Å². The number of hydrogen-bond acceptors (Lipinski definition) is 3. The van der Waals surface area contributed by atoms with Crippen LogP contribution in [-0.2, 0) is 22.6 Å². The van der Waals surface area contributed by atoms with Crippen LogP contribution in [0.2, 0.25) is 0 Å². The summed E-state index contributed by atoms with van der Waals surface area (Å²) in [6, 6.07) is 7.37. The highest BCUT2D eigenvalue weighted by Crippen LogP contribution is 2.16. The monoisotopic (exact) mass is 262 g/mol. The second-order valence-electron chi connectivity index (χ2n) is 4.91. The van der Waals surface area contributed by atoms with Gasteiger partial charge in [0.25, 0.3) is 0 Å². The fourth-order valence-electron chi connectivity index (χ4n) is 2.30.